The summed E-state index contributed by atoms with van der Waals surface area (Å²) in [6, 6.07) is 46.7. The molecule has 0 N–H and O–H groups in total. The summed E-state index contributed by atoms with van der Waals surface area (Å²) in [4.78, 5) is 14.5. The van der Waals surface area contributed by atoms with E-state index in [2.05, 4.69) is 159 Å². The summed E-state index contributed by atoms with van der Waals surface area (Å²) in [5.74, 6) is 8.80. The minimum Gasteiger partial charge on any atom is -0.486 e. The minimum atomic E-state index is -1.86. The van der Waals surface area contributed by atoms with Crippen LogP contribution in [0, 0.1) is 45.7 Å². The van der Waals surface area contributed by atoms with E-state index in [1.54, 1.807) is 4.40 Å². The number of hydrogen-bond donors (Lipinski definition) is 0. The SMILES string of the molecule is CC(C)Cc1cc(-c2[c-]cccc2)nc[c]1[Ge]([CH3])([CH3])[CH3].Cc1ccc2c(n1)oc1c(-c3nc4ccccc4n3-c3c(C)cc(-c4ccccc4)cc3C)[c-]cc(C)c12.[Ir]. The number of nitrogens with zero attached hydrogens (tertiary/aromatic N) is 4. The largest absolute Gasteiger partial charge is 0.486 e. The second kappa shape index (κ2) is 17.2. The number of pyridine rings is 2. The van der Waals surface area contributed by atoms with Gasteiger partial charge in [-0.3, -0.25) is 4.98 Å². The molecule has 0 spiro atoms. The Hall–Kier alpha value is -5.14. The molecule has 0 bridgehead atoms. The van der Waals surface area contributed by atoms with Crippen LogP contribution in [-0.4, -0.2) is 32.8 Å². The summed E-state index contributed by atoms with van der Waals surface area (Å²) in [6.45, 7) is 13.0. The van der Waals surface area contributed by atoms with Crippen molar-refractivity contribution in [1.82, 2.24) is 19.5 Å². The van der Waals surface area contributed by atoms with Gasteiger partial charge in [-0.1, -0.05) is 60.3 Å². The average Bonchev–Trinajstić information content (AvgIpc) is 3.77. The van der Waals surface area contributed by atoms with Crippen molar-refractivity contribution in [2.24, 2.45) is 5.92 Å². The first kappa shape index (κ1) is 42.0. The molecule has 4 heterocycles. The fourth-order valence-electron chi connectivity index (χ4n) is 8.13. The van der Waals surface area contributed by atoms with E-state index in [4.69, 9.17) is 14.4 Å². The van der Waals surface area contributed by atoms with E-state index >= 15 is 0 Å². The Balaban J connectivity index is 0.000000214. The van der Waals surface area contributed by atoms with Gasteiger partial charge >= 0.3 is 126 Å². The second-order valence-electron chi connectivity index (χ2n) is 16.9. The summed E-state index contributed by atoms with van der Waals surface area (Å²) in [7, 11) is 0. The van der Waals surface area contributed by atoms with Crippen molar-refractivity contribution < 1.29 is 24.5 Å². The van der Waals surface area contributed by atoms with Crippen LogP contribution in [0.3, 0.4) is 0 Å². The standard InChI is InChI=1S/C34H26N3O.C18H24GeN.Ir/c1-20-14-16-27(32-30(20)26-17-15-23(4)35-34(26)38-32)33-36-28-12-8-9-13-29(28)37(33)31-21(2)18-25(19-22(31)3)24-10-6-5-7-11-24;1-14(2)11-16-12-18(15-9-7-6-8-10-15)20-13-17(16)19(3,4)5;/h5-15,17-19H,1-4H3;6-9,12-14H,11H2,1-5H3;/q2*-1;. The van der Waals surface area contributed by atoms with Gasteiger partial charge in [0.25, 0.3) is 0 Å². The number of aryl methyl sites for hydroxylation is 4. The zero-order valence-corrected chi connectivity index (χ0v) is 39.9. The van der Waals surface area contributed by atoms with Gasteiger partial charge in [0.15, 0.2) is 0 Å². The quantitative estimate of drug-likeness (QED) is 0.118. The molecule has 7 heteroatoms. The predicted octanol–water partition coefficient (Wildman–Crippen LogP) is 13.0. The van der Waals surface area contributed by atoms with Crippen molar-refractivity contribution in [2.45, 2.75) is 65.2 Å². The zero-order valence-electron chi connectivity index (χ0n) is 35.4. The second-order valence-corrected chi connectivity index (χ2v) is 27.5. The first-order chi connectivity index (χ1) is 27.9. The third-order valence-electron chi connectivity index (χ3n) is 10.8. The van der Waals surface area contributed by atoms with Crippen LogP contribution >= 0.6 is 0 Å². The predicted molar refractivity (Wildman–Crippen MR) is 245 cm³/mol. The molecule has 0 amide bonds. The van der Waals surface area contributed by atoms with E-state index in [1.165, 1.54) is 27.8 Å². The normalized spacial score (nSPS) is 11.6. The van der Waals surface area contributed by atoms with E-state index in [0.29, 0.717) is 11.6 Å². The number of rotatable bonds is 7. The van der Waals surface area contributed by atoms with Crippen LogP contribution in [0.25, 0.3) is 72.6 Å². The van der Waals surface area contributed by atoms with E-state index in [1.807, 2.05) is 43.3 Å². The van der Waals surface area contributed by atoms with Crippen LogP contribution < -0.4 is 4.40 Å². The number of fused-ring (bicyclic) bond motifs is 4. The van der Waals surface area contributed by atoms with Crippen LogP contribution in [0.1, 0.15) is 41.8 Å². The average molecular weight is 1010 g/mol. The molecule has 4 aromatic heterocycles. The van der Waals surface area contributed by atoms with Crippen molar-refractivity contribution in [3.8, 4) is 39.5 Å². The maximum absolute atomic E-state index is 6.43. The Morgan fingerprint density at radius 1 is 0.746 bits per heavy atom. The number of para-hydroxylation sites is 2. The van der Waals surface area contributed by atoms with Crippen LogP contribution in [-0.2, 0) is 26.5 Å². The molecule has 9 aromatic rings. The fraction of sp³-hybridized carbons (Fsp3) is 0.212. The molecule has 0 fully saturated rings. The van der Waals surface area contributed by atoms with Crippen molar-refractivity contribution in [1.29, 1.82) is 0 Å². The van der Waals surface area contributed by atoms with Gasteiger partial charge in [-0.25, -0.2) is 4.98 Å². The molecule has 59 heavy (non-hydrogen) atoms. The van der Waals surface area contributed by atoms with E-state index in [-0.39, 0.29) is 20.1 Å². The molecule has 0 unspecified atom stereocenters. The molecule has 5 aromatic carbocycles. The topological polar surface area (TPSA) is 56.7 Å². The van der Waals surface area contributed by atoms with Crippen molar-refractivity contribution in [2.75, 3.05) is 0 Å². The summed E-state index contributed by atoms with van der Waals surface area (Å²) >= 11 is -1.86. The number of hydrogen-bond acceptors (Lipinski definition) is 4. The van der Waals surface area contributed by atoms with Gasteiger partial charge in [-0.05, 0) is 79.4 Å². The first-order valence-corrected chi connectivity index (χ1v) is 27.5. The summed E-state index contributed by atoms with van der Waals surface area (Å²) in [6.07, 6.45) is 3.27. The number of aromatic nitrogens is 4. The first-order valence-electron chi connectivity index (χ1n) is 20.2. The third-order valence-corrected chi connectivity index (χ3v) is 15.1. The summed E-state index contributed by atoms with van der Waals surface area (Å²) in [5, 5.41) is 2.08. The van der Waals surface area contributed by atoms with Gasteiger partial charge in [-0.2, -0.15) is 0 Å². The van der Waals surface area contributed by atoms with Gasteiger partial charge in [-0.15, -0.1) is 17.7 Å². The Bertz CT molecular complexity index is 2900. The fourth-order valence-corrected chi connectivity index (χ4v) is 11.5. The van der Waals surface area contributed by atoms with Gasteiger partial charge in [0, 0.05) is 36.9 Å². The molecule has 0 aliphatic rings. The Labute approximate surface area is 364 Å². The number of imidazole rings is 1. The van der Waals surface area contributed by atoms with E-state index in [0.717, 1.165) is 73.4 Å². The summed E-state index contributed by atoms with van der Waals surface area (Å²) < 4.78 is 10.2. The van der Waals surface area contributed by atoms with Gasteiger partial charge < -0.3 is 8.98 Å². The Kier molecular flexibility index (Phi) is 12.3. The van der Waals surface area contributed by atoms with Crippen molar-refractivity contribution >= 4 is 50.8 Å². The molecule has 0 saturated heterocycles. The Morgan fingerprint density at radius 2 is 1.46 bits per heavy atom. The van der Waals surface area contributed by atoms with Crippen LogP contribution in [0.2, 0.25) is 17.3 Å². The molecule has 1 radical (unpaired) electrons. The van der Waals surface area contributed by atoms with Gasteiger partial charge in [0.2, 0.25) is 5.71 Å². The molecular weight excluding hydrogens is 961 g/mol. The minimum absolute atomic E-state index is 0. The van der Waals surface area contributed by atoms with Crippen LogP contribution in [0.5, 0.6) is 0 Å². The monoisotopic (exact) mass is 1010 g/mol. The maximum Gasteiger partial charge on any atom is 0.216 e. The van der Waals surface area contributed by atoms with Gasteiger partial charge in [0.05, 0.1) is 22.4 Å². The number of benzene rings is 5. The molecule has 0 saturated carbocycles. The Morgan fingerprint density at radius 3 is 2.15 bits per heavy atom. The zero-order chi connectivity index (χ0) is 40.7. The van der Waals surface area contributed by atoms with Crippen molar-refractivity contribution in [3.63, 3.8) is 0 Å². The van der Waals surface area contributed by atoms with Crippen LogP contribution in [0.15, 0.2) is 126 Å². The smallest absolute Gasteiger partial charge is 0.216 e. The molecule has 5 nitrogen and oxygen atoms in total. The molecule has 0 aliphatic carbocycles. The molecule has 9 rings (SSSR count). The molecule has 0 aliphatic heterocycles. The van der Waals surface area contributed by atoms with E-state index in [9.17, 15) is 0 Å². The third kappa shape index (κ3) is 8.50. The number of furan rings is 1. The van der Waals surface area contributed by atoms with E-state index < -0.39 is 13.3 Å². The maximum atomic E-state index is 6.43. The van der Waals surface area contributed by atoms with Crippen LogP contribution in [0.4, 0.5) is 0 Å². The molecule has 0 atom stereocenters. The molecule has 299 valence electrons. The van der Waals surface area contributed by atoms with Crippen molar-refractivity contribution in [3.05, 3.63) is 162 Å². The molecular formula is C52H50GeIrN4O-2. The summed E-state index contributed by atoms with van der Waals surface area (Å²) in [5.41, 5.74) is 15.8. The van der Waals surface area contributed by atoms with Gasteiger partial charge in [0.1, 0.15) is 0 Å².